The summed E-state index contributed by atoms with van der Waals surface area (Å²) < 4.78 is 0. The Morgan fingerprint density at radius 2 is 2.36 bits per heavy atom. The molecule has 2 unspecified atom stereocenters. The Kier molecular flexibility index (Phi) is 3.29. The Morgan fingerprint density at radius 3 is 3.00 bits per heavy atom. The quantitative estimate of drug-likeness (QED) is 0.547. The molecule has 1 aliphatic rings. The monoisotopic (exact) mass is 169 g/mol. The van der Waals surface area contributed by atoms with E-state index in [0.717, 1.165) is 18.3 Å². The van der Waals surface area contributed by atoms with E-state index in [9.17, 15) is 0 Å². The lowest BCUT2D eigenvalue weighted by Crippen LogP contribution is -2.44. The molecule has 1 saturated heterocycles. The summed E-state index contributed by atoms with van der Waals surface area (Å²) in [7, 11) is 0. The first-order chi connectivity index (χ1) is 5.25. The van der Waals surface area contributed by atoms with Crippen molar-refractivity contribution in [3.8, 4) is 12.3 Å². The van der Waals surface area contributed by atoms with Crippen molar-refractivity contribution >= 4 is 11.8 Å². The summed E-state index contributed by atoms with van der Waals surface area (Å²) >= 11 is 2.05. The maximum Gasteiger partial charge on any atom is 0.0601 e. The molecule has 0 amide bonds. The molecular formula is C9H15NS. The Bertz CT molecular complexity index is 161. The first kappa shape index (κ1) is 8.96. The first-order valence-corrected chi connectivity index (χ1v) is 5.09. The Morgan fingerprint density at radius 1 is 1.64 bits per heavy atom. The third kappa shape index (κ3) is 2.15. The van der Waals surface area contributed by atoms with Crippen LogP contribution in [0.3, 0.4) is 0 Å². The highest BCUT2D eigenvalue weighted by Gasteiger charge is 2.23. The van der Waals surface area contributed by atoms with Crippen LogP contribution >= 0.6 is 11.8 Å². The summed E-state index contributed by atoms with van der Waals surface area (Å²) in [6.45, 7) is 6.50. The standard InChI is InChI=1S/C9H15NS/c1-4-5-10-6-7-11-9(3)8(10)2/h1,8-9H,5-7H2,2-3H3. The average Bonchev–Trinajstić information content (AvgIpc) is 1.99. The minimum Gasteiger partial charge on any atom is -0.288 e. The van der Waals surface area contributed by atoms with Gasteiger partial charge in [-0.05, 0) is 6.92 Å². The fourth-order valence-corrected chi connectivity index (χ4v) is 2.50. The smallest absolute Gasteiger partial charge is 0.0601 e. The van der Waals surface area contributed by atoms with Crippen LogP contribution in [0.2, 0.25) is 0 Å². The third-order valence-electron chi connectivity index (χ3n) is 2.31. The molecule has 0 aliphatic carbocycles. The van der Waals surface area contributed by atoms with E-state index in [0.29, 0.717) is 6.04 Å². The van der Waals surface area contributed by atoms with Gasteiger partial charge in [-0.3, -0.25) is 4.90 Å². The van der Waals surface area contributed by atoms with Crippen LogP contribution in [0.4, 0.5) is 0 Å². The summed E-state index contributed by atoms with van der Waals surface area (Å²) in [6, 6.07) is 0.643. The maximum absolute atomic E-state index is 5.27. The van der Waals surface area contributed by atoms with E-state index in [-0.39, 0.29) is 0 Å². The van der Waals surface area contributed by atoms with Crippen LogP contribution in [0, 0.1) is 12.3 Å². The van der Waals surface area contributed by atoms with Gasteiger partial charge in [0.15, 0.2) is 0 Å². The van der Waals surface area contributed by atoms with Crippen molar-refractivity contribution < 1.29 is 0 Å². The lowest BCUT2D eigenvalue weighted by atomic mass is 10.2. The highest BCUT2D eigenvalue weighted by molar-refractivity contribution is 8.00. The molecule has 0 N–H and O–H groups in total. The van der Waals surface area contributed by atoms with Crippen LogP contribution in [0.5, 0.6) is 0 Å². The Hall–Kier alpha value is -0.130. The van der Waals surface area contributed by atoms with Crippen molar-refractivity contribution in [2.75, 3.05) is 18.8 Å². The van der Waals surface area contributed by atoms with Crippen LogP contribution in [0.1, 0.15) is 13.8 Å². The predicted molar refractivity (Wildman–Crippen MR) is 51.8 cm³/mol. The molecule has 0 spiro atoms. The highest BCUT2D eigenvalue weighted by Crippen LogP contribution is 2.23. The molecule has 0 radical (unpaired) electrons. The molecular weight excluding hydrogens is 154 g/mol. The lowest BCUT2D eigenvalue weighted by molar-refractivity contribution is 0.240. The van der Waals surface area contributed by atoms with Gasteiger partial charge in [0.2, 0.25) is 0 Å². The van der Waals surface area contributed by atoms with Crippen LogP contribution < -0.4 is 0 Å². The number of thioether (sulfide) groups is 1. The third-order valence-corrected chi connectivity index (χ3v) is 3.65. The van der Waals surface area contributed by atoms with Crippen molar-refractivity contribution in [3.63, 3.8) is 0 Å². The molecule has 1 heterocycles. The van der Waals surface area contributed by atoms with E-state index in [4.69, 9.17) is 6.42 Å². The summed E-state index contributed by atoms with van der Waals surface area (Å²) in [4.78, 5) is 2.38. The van der Waals surface area contributed by atoms with Crippen LogP contribution in [-0.2, 0) is 0 Å². The Balaban J connectivity index is 2.45. The zero-order valence-electron chi connectivity index (χ0n) is 7.21. The van der Waals surface area contributed by atoms with Gasteiger partial charge in [-0.1, -0.05) is 12.8 Å². The van der Waals surface area contributed by atoms with Gasteiger partial charge in [0.05, 0.1) is 6.54 Å². The van der Waals surface area contributed by atoms with Gasteiger partial charge in [-0.15, -0.1) is 6.42 Å². The zero-order valence-corrected chi connectivity index (χ0v) is 8.03. The summed E-state index contributed by atoms with van der Waals surface area (Å²) in [5, 5.41) is 0.733. The summed E-state index contributed by atoms with van der Waals surface area (Å²) in [5.41, 5.74) is 0. The van der Waals surface area contributed by atoms with Gasteiger partial charge in [0, 0.05) is 23.6 Å². The number of hydrogen-bond donors (Lipinski definition) is 0. The second kappa shape index (κ2) is 4.04. The molecule has 0 aromatic rings. The molecule has 2 atom stereocenters. The predicted octanol–water partition coefficient (Wildman–Crippen LogP) is 1.45. The van der Waals surface area contributed by atoms with Crippen molar-refractivity contribution in [1.82, 2.24) is 4.90 Å². The number of rotatable bonds is 1. The molecule has 0 saturated carbocycles. The van der Waals surface area contributed by atoms with E-state index in [1.807, 2.05) is 11.8 Å². The summed E-state index contributed by atoms with van der Waals surface area (Å²) in [5.74, 6) is 3.93. The average molecular weight is 169 g/mol. The van der Waals surface area contributed by atoms with Gasteiger partial charge in [0.25, 0.3) is 0 Å². The molecule has 1 rings (SSSR count). The zero-order chi connectivity index (χ0) is 8.27. The molecule has 1 nitrogen and oxygen atoms in total. The number of nitrogens with zero attached hydrogens (tertiary/aromatic N) is 1. The van der Waals surface area contributed by atoms with Gasteiger partial charge in [-0.25, -0.2) is 0 Å². The molecule has 62 valence electrons. The molecule has 0 aromatic carbocycles. The van der Waals surface area contributed by atoms with Crippen LogP contribution in [-0.4, -0.2) is 35.0 Å². The SMILES string of the molecule is C#CCN1CCSC(C)C1C. The van der Waals surface area contributed by atoms with Crippen LogP contribution in [0.25, 0.3) is 0 Å². The van der Waals surface area contributed by atoms with E-state index in [2.05, 4.69) is 24.7 Å². The number of hydrogen-bond acceptors (Lipinski definition) is 2. The minimum atomic E-state index is 0.643. The summed E-state index contributed by atoms with van der Waals surface area (Å²) in [6.07, 6.45) is 5.27. The first-order valence-electron chi connectivity index (χ1n) is 4.05. The normalized spacial score (nSPS) is 33.2. The van der Waals surface area contributed by atoms with Gasteiger partial charge in [0.1, 0.15) is 0 Å². The van der Waals surface area contributed by atoms with E-state index in [1.165, 1.54) is 5.75 Å². The Labute approximate surface area is 73.5 Å². The maximum atomic E-state index is 5.27. The van der Waals surface area contributed by atoms with Crippen molar-refractivity contribution in [2.24, 2.45) is 0 Å². The fourth-order valence-electron chi connectivity index (χ4n) is 1.34. The second-order valence-electron chi connectivity index (χ2n) is 2.99. The van der Waals surface area contributed by atoms with Gasteiger partial charge < -0.3 is 0 Å². The lowest BCUT2D eigenvalue weighted by Gasteiger charge is -2.36. The van der Waals surface area contributed by atoms with Crippen molar-refractivity contribution in [2.45, 2.75) is 25.1 Å². The largest absolute Gasteiger partial charge is 0.288 e. The molecule has 2 heteroatoms. The molecule has 0 aromatic heterocycles. The van der Waals surface area contributed by atoms with Crippen molar-refractivity contribution in [1.29, 1.82) is 0 Å². The topological polar surface area (TPSA) is 3.24 Å². The molecule has 1 fully saturated rings. The van der Waals surface area contributed by atoms with E-state index >= 15 is 0 Å². The highest BCUT2D eigenvalue weighted by atomic mass is 32.2. The van der Waals surface area contributed by atoms with E-state index in [1.54, 1.807) is 0 Å². The molecule has 11 heavy (non-hydrogen) atoms. The minimum absolute atomic E-state index is 0.643. The van der Waals surface area contributed by atoms with E-state index < -0.39 is 0 Å². The van der Waals surface area contributed by atoms with Gasteiger partial charge >= 0.3 is 0 Å². The molecule has 1 aliphatic heterocycles. The fraction of sp³-hybridized carbons (Fsp3) is 0.778. The van der Waals surface area contributed by atoms with Crippen LogP contribution in [0.15, 0.2) is 0 Å². The van der Waals surface area contributed by atoms with Crippen molar-refractivity contribution in [3.05, 3.63) is 0 Å². The molecule has 0 bridgehead atoms. The number of terminal acetylenes is 1. The van der Waals surface area contributed by atoms with Gasteiger partial charge in [-0.2, -0.15) is 11.8 Å². The second-order valence-corrected chi connectivity index (χ2v) is 4.48.